The molecule has 1 atom stereocenters. The number of halogens is 3. The highest BCUT2D eigenvalue weighted by molar-refractivity contribution is 7.91. The summed E-state index contributed by atoms with van der Waals surface area (Å²) in [6.45, 7) is 1.17. The van der Waals surface area contributed by atoms with Gasteiger partial charge in [0.15, 0.2) is 9.84 Å². The van der Waals surface area contributed by atoms with Crippen LogP contribution < -0.4 is 5.32 Å². The smallest absolute Gasteiger partial charge is 0.394 e. The van der Waals surface area contributed by atoms with Crippen molar-refractivity contribution >= 4 is 37.3 Å². The quantitative estimate of drug-likeness (QED) is 0.317. The molecule has 194 valence electrons. The molecule has 1 aromatic heterocycles. The lowest BCUT2D eigenvalue weighted by molar-refractivity contribution is -0.137. The number of carbonyl (C=O) groups is 1. The van der Waals surface area contributed by atoms with E-state index in [1.807, 2.05) is 0 Å². The minimum absolute atomic E-state index is 0.0291. The Kier molecular flexibility index (Phi) is 7.67. The average Bonchev–Trinajstić information content (AvgIpc) is 3.28. The van der Waals surface area contributed by atoms with E-state index in [4.69, 9.17) is 0 Å². The molecule has 0 bridgehead atoms. The van der Waals surface area contributed by atoms with Crippen LogP contribution in [0.3, 0.4) is 0 Å². The topological polar surface area (TPSA) is 96.4 Å². The molecule has 0 fully saturated rings. The van der Waals surface area contributed by atoms with Crippen molar-refractivity contribution in [2.24, 2.45) is 0 Å². The lowest BCUT2D eigenvalue weighted by Gasteiger charge is -2.17. The van der Waals surface area contributed by atoms with E-state index >= 15 is 0 Å². The Labute approximate surface area is 215 Å². The summed E-state index contributed by atoms with van der Waals surface area (Å²) < 4.78 is 63.1. The molecule has 4 rings (SSSR count). The zero-order chi connectivity index (χ0) is 26.8. The number of hydrogen-bond acceptors (Lipinski definition) is 6. The van der Waals surface area contributed by atoms with Crippen molar-refractivity contribution < 1.29 is 31.5 Å². The van der Waals surface area contributed by atoms with Crippen molar-refractivity contribution in [2.75, 3.05) is 12.4 Å². The first-order chi connectivity index (χ1) is 17.5. The summed E-state index contributed by atoms with van der Waals surface area (Å²) in [5.41, 5.74) is 1.55. The Morgan fingerprint density at radius 2 is 1.73 bits per heavy atom. The van der Waals surface area contributed by atoms with E-state index in [0.717, 1.165) is 16.8 Å². The van der Waals surface area contributed by atoms with Gasteiger partial charge in [-0.25, -0.2) is 13.4 Å². The predicted octanol–water partition coefficient (Wildman–Crippen LogP) is 5.16. The maximum atomic E-state index is 12.9. The van der Waals surface area contributed by atoms with Gasteiger partial charge in [0.2, 0.25) is 0 Å². The zero-order valence-corrected chi connectivity index (χ0v) is 21.3. The number of aliphatic hydroxyl groups excluding tert-OH is 1. The first-order valence-corrected chi connectivity index (χ1v) is 13.8. The second-order valence-electron chi connectivity index (χ2n) is 8.34. The summed E-state index contributed by atoms with van der Waals surface area (Å²) in [6, 6.07) is 15.2. The molecule has 2 N–H and O–H groups in total. The van der Waals surface area contributed by atoms with Gasteiger partial charge in [-0.15, -0.1) is 11.3 Å². The van der Waals surface area contributed by atoms with Crippen LogP contribution in [0.25, 0.3) is 10.2 Å². The number of aromatic nitrogens is 1. The number of amides is 1. The normalized spacial score (nSPS) is 13.0. The molecule has 0 saturated heterocycles. The van der Waals surface area contributed by atoms with Crippen LogP contribution in [-0.2, 0) is 22.4 Å². The van der Waals surface area contributed by atoms with Crippen LogP contribution in [0.2, 0.25) is 0 Å². The third kappa shape index (κ3) is 6.17. The molecule has 4 aromatic rings. The van der Waals surface area contributed by atoms with Gasteiger partial charge in [0.1, 0.15) is 0 Å². The molecular formula is C26H23F3N2O4S2. The number of fused-ring (bicyclic) bond motifs is 1. The lowest BCUT2D eigenvalue weighted by atomic mass is 10.1. The largest absolute Gasteiger partial charge is 0.416 e. The van der Waals surface area contributed by atoms with E-state index < -0.39 is 33.5 Å². The molecule has 0 aliphatic heterocycles. The van der Waals surface area contributed by atoms with E-state index in [1.54, 1.807) is 37.3 Å². The summed E-state index contributed by atoms with van der Waals surface area (Å²) in [4.78, 5) is 17.6. The van der Waals surface area contributed by atoms with Crippen LogP contribution in [0, 0.1) is 0 Å². The minimum Gasteiger partial charge on any atom is -0.394 e. The zero-order valence-electron chi connectivity index (χ0n) is 19.6. The molecule has 3 aromatic carbocycles. The number of aliphatic hydroxyl groups is 1. The third-order valence-electron chi connectivity index (χ3n) is 5.84. The van der Waals surface area contributed by atoms with Crippen LogP contribution in [0.15, 0.2) is 71.6 Å². The molecule has 0 saturated carbocycles. The highest BCUT2D eigenvalue weighted by Gasteiger charge is 2.30. The predicted molar refractivity (Wildman–Crippen MR) is 135 cm³/mol. The maximum Gasteiger partial charge on any atom is 0.416 e. The number of thiazole rings is 1. The maximum absolute atomic E-state index is 12.9. The third-order valence-corrected chi connectivity index (χ3v) is 8.61. The summed E-state index contributed by atoms with van der Waals surface area (Å²) in [6.07, 6.45) is -4.03. The number of rotatable bonds is 8. The standard InChI is InChI=1S/C26H23F3N2O4S2/c1-2-37(34,35)20-10-5-17(6-11-20)22(15-32)31-25(33)18-7-12-21-23(14-18)36-24(30-21)13-16-3-8-19(9-4-16)26(27,28)29/h3-12,14,22,32H,2,13,15H2,1H3,(H,31,33)/t22-/m0/s1. The number of benzene rings is 3. The fourth-order valence-corrected chi connectivity index (χ4v) is 5.65. The first-order valence-electron chi connectivity index (χ1n) is 11.3. The van der Waals surface area contributed by atoms with Crippen LogP contribution in [0.1, 0.15) is 45.0 Å². The minimum atomic E-state index is -4.39. The van der Waals surface area contributed by atoms with Gasteiger partial charge in [0.05, 0.1) is 44.1 Å². The fraction of sp³-hybridized carbons (Fsp3) is 0.231. The number of sulfone groups is 1. The summed E-state index contributed by atoms with van der Waals surface area (Å²) in [7, 11) is -3.36. The van der Waals surface area contributed by atoms with E-state index in [2.05, 4.69) is 10.3 Å². The number of alkyl halides is 3. The van der Waals surface area contributed by atoms with Crippen LogP contribution >= 0.6 is 11.3 Å². The van der Waals surface area contributed by atoms with Gasteiger partial charge in [-0.1, -0.05) is 31.2 Å². The number of nitrogens with zero attached hydrogens (tertiary/aromatic N) is 1. The monoisotopic (exact) mass is 548 g/mol. The van der Waals surface area contributed by atoms with Crippen molar-refractivity contribution in [1.29, 1.82) is 0 Å². The molecule has 0 radical (unpaired) electrons. The summed E-state index contributed by atoms with van der Waals surface area (Å²) >= 11 is 1.34. The molecule has 1 heterocycles. The highest BCUT2D eigenvalue weighted by Crippen LogP contribution is 2.30. The second kappa shape index (κ2) is 10.6. The molecule has 0 unspecified atom stereocenters. The average molecular weight is 549 g/mol. The Morgan fingerprint density at radius 1 is 1.05 bits per heavy atom. The number of carbonyl (C=O) groups excluding carboxylic acids is 1. The van der Waals surface area contributed by atoms with E-state index in [1.165, 1.54) is 35.6 Å². The SMILES string of the molecule is CCS(=O)(=O)c1ccc([C@H](CO)NC(=O)c2ccc3nc(Cc4ccc(C(F)(F)F)cc4)sc3c2)cc1. The highest BCUT2D eigenvalue weighted by atomic mass is 32.2. The molecule has 1 amide bonds. The second-order valence-corrected chi connectivity index (χ2v) is 11.7. The molecular weight excluding hydrogens is 525 g/mol. The van der Waals surface area contributed by atoms with Gasteiger partial charge >= 0.3 is 6.18 Å². The van der Waals surface area contributed by atoms with Crippen molar-refractivity contribution in [3.05, 3.63) is 94.0 Å². The van der Waals surface area contributed by atoms with Crippen molar-refractivity contribution in [1.82, 2.24) is 10.3 Å². The van der Waals surface area contributed by atoms with E-state index in [0.29, 0.717) is 33.6 Å². The van der Waals surface area contributed by atoms with E-state index in [-0.39, 0.29) is 17.3 Å². The van der Waals surface area contributed by atoms with Crippen molar-refractivity contribution in [3.8, 4) is 0 Å². The molecule has 37 heavy (non-hydrogen) atoms. The Hall–Kier alpha value is -3.28. The first kappa shape index (κ1) is 26.8. The van der Waals surface area contributed by atoms with Crippen LogP contribution in [-0.4, -0.2) is 36.8 Å². The molecule has 0 aliphatic carbocycles. The van der Waals surface area contributed by atoms with Gasteiger partial charge in [0, 0.05) is 12.0 Å². The van der Waals surface area contributed by atoms with Gasteiger partial charge < -0.3 is 10.4 Å². The van der Waals surface area contributed by atoms with Gasteiger partial charge in [-0.2, -0.15) is 13.2 Å². The molecule has 0 aliphatic rings. The van der Waals surface area contributed by atoms with Crippen LogP contribution in [0.5, 0.6) is 0 Å². The molecule has 6 nitrogen and oxygen atoms in total. The number of nitrogens with one attached hydrogen (secondary N) is 1. The lowest BCUT2D eigenvalue weighted by Crippen LogP contribution is -2.30. The Balaban J connectivity index is 1.48. The van der Waals surface area contributed by atoms with E-state index in [9.17, 15) is 31.5 Å². The van der Waals surface area contributed by atoms with Gasteiger partial charge in [0.25, 0.3) is 5.91 Å². The fourth-order valence-electron chi connectivity index (χ4n) is 3.73. The van der Waals surface area contributed by atoms with Gasteiger partial charge in [-0.3, -0.25) is 4.79 Å². The molecule has 0 spiro atoms. The Morgan fingerprint density at radius 3 is 2.32 bits per heavy atom. The van der Waals surface area contributed by atoms with Crippen molar-refractivity contribution in [3.63, 3.8) is 0 Å². The van der Waals surface area contributed by atoms with Crippen molar-refractivity contribution in [2.45, 2.75) is 30.5 Å². The summed E-state index contributed by atoms with van der Waals surface area (Å²) in [5.74, 6) is -0.456. The number of hydrogen-bond donors (Lipinski definition) is 2. The van der Waals surface area contributed by atoms with Crippen LogP contribution in [0.4, 0.5) is 13.2 Å². The molecule has 11 heteroatoms. The Bertz CT molecular complexity index is 1510. The van der Waals surface area contributed by atoms with Gasteiger partial charge in [-0.05, 0) is 53.6 Å². The summed E-state index contributed by atoms with van der Waals surface area (Å²) in [5, 5.41) is 13.3.